The molecule has 0 unspecified atom stereocenters. The Hall–Kier alpha value is -3.41. The van der Waals surface area contributed by atoms with Crippen LogP contribution >= 0.6 is 0 Å². The van der Waals surface area contributed by atoms with Gasteiger partial charge in [0.1, 0.15) is 11.5 Å². The van der Waals surface area contributed by atoms with Gasteiger partial charge in [-0.3, -0.25) is 9.78 Å². The summed E-state index contributed by atoms with van der Waals surface area (Å²) in [5, 5.41) is 0. The minimum absolute atomic E-state index is 0.115. The summed E-state index contributed by atoms with van der Waals surface area (Å²) >= 11 is 0. The molecule has 0 bridgehead atoms. The molecule has 0 atom stereocenters. The first-order valence-electron chi connectivity index (χ1n) is 10.0. The van der Waals surface area contributed by atoms with Gasteiger partial charge in [0.15, 0.2) is 0 Å². The van der Waals surface area contributed by atoms with Crippen LogP contribution in [0.15, 0.2) is 61.2 Å². The van der Waals surface area contributed by atoms with Crippen molar-refractivity contribution in [2.24, 2.45) is 0 Å². The molecule has 1 aliphatic rings. The van der Waals surface area contributed by atoms with Crippen molar-refractivity contribution in [1.82, 2.24) is 23.8 Å². The van der Waals surface area contributed by atoms with Gasteiger partial charge in [-0.2, -0.15) is 0 Å². The van der Waals surface area contributed by atoms with E-state index in [4.69, 9.17) is 4.98 Å². The van der Waals surface area contributed by atoms with E-state index in [1.165, 1.54) is 0 Å². The molecule has 1 amide bonds. The maximum absolute atomic E-state index is 13.1. The van der Waals surface area contributed by atoms with Crippen molar-refractivity contribution in [3.05, 3.63) is 78.1 Å². The Morgan fingerprint density at radius 3 is 2.79 bits per heavy atom. The number of aryl methyl sites for hydroxylation is 1. The number of carbonyl (C=O) groups is 1. The summed E-state index contributed by atoms with van der Waals surface area (Å²) in [4.78, 5) is 24.0. The Balaban J connectivity index is 1.55. The predicted molar refractivity (Wildman–Crippen MR) is 112 cm³/mol. The summed E-state index contributed by atoms with van der Waals surface area (Å²) in [7, 11) is 0. The molecule has 6 nitrogen and oxygen atoms in total. The zero-order valence-corrected chi connectivity index (χ0v) is 16.5. The van der Waals surface area contributed by atoms with Gasteiger partial charge in [-0.15, -0.1) is 0 Å². The summed E-state index contributed by atoms with van der Waals surface area (Å²) in [5.74, 6) is 1.05. The van der Waals surface area contributed by atoms with E-state index in [2.05, 4.69) is 26.2 Å². The molecular weight excluding hydrogens is 362 g/mol. The molecule has 0 aliphatic carbocycles. The van der Waals surface area contributed by atoms with E-state index in [0.717, 1.165) is 66.3 Å². The Labute approximate surface area is 169 Å². The van der Waals surface area contributed by atoms with E-state index in [0.29, 0.717) is 0 Å². The van der Waals surface area contributed by atoms with Crippen molar-refractivity contribution in [1.29, 1.82) is 0 Å². The molecule has 4 aromatic rings. The number of aromatic nitrogens is 4. The van der Waals surface area contributed by atoms with Gasteiger partial charge in [0.2, 0.25) is 0 Å². The highest BCUT2D eigenvalue weighted by molar-refractivity contribution is 6.02. The van der Waals surface area contributed by atoms with Crippen LogP contribution in [0.1, 0.15) is 34.6 Å². The van der Waals surface area contributed by atoms with E-state index < -0.39 is 0 Å². The second kappa shape index (κ2) is 7.20. The third-order valence-corrected chi connectivity index (χ3v) is 5.61. The van der Waals surface area contributed by atoms with Crippen LogP contribution in [0.4, 0.5) is 0 Å². The number of nitrogens with zero attached hydrogens (tertiary/aromatic N) is 5. The lowest BCUT2D eigenvalue weighted by Gasteiger charge is -2.14. The molecule has 5 heterocycles. The fourth-order valence-corrected chi connectivity index (χ4v) is 4.09. The zero-order chi connectivity index (χ0) is 19.8. The molecule has 1 fully saturated rings. The number of hydrogen-bond donors (Lipinski definition) is 0. The molecule has 0 N–H and O–H groups in total. The number of fused-ring (bicyclic) bond motifs is 1. The highest BCUT2D eigenvalue weighted by atomic mass is 16.2. The molecule has 0 radical (unpaired) electrons. The van der Waals surface area contributed by atoms with Crippen LogP contribution in [-0.2, 0) is 6.54 Å². The molecule has 29 heavy (non-hydrogen) atoms. The molecular formula is C23H23N5O. The predicted octanol–water partition coefficient (Wildman–Crippen LogP) is 3.79. The third kappa shape index (κ3) is 3.20. The Morgan fingerprint density at radius 2 is 2.00 bits per heavy atom. The zero-order valence-electron chi connectivity index (χ0n) is 16.5. The van der Waals surface area contributed by atoms with Crippen LogP contribution in [0.3, 0.4) is 0 Å². The Bertz CT molecular complexity index is 1170. The SMILES string of the molecule is Cc1nc(-c2cc(C(=O)N3CCCC3)c3ccccn23)cn1Cc1cccnc1. The smallest absolute Gasteiger partial charge is 0.256 e. The monoisotopic (exact) mass is 385 g/mol. The quantitative estimate of drug-likeness (QED) is 0.537. The first kappa shape index (κ1) is 17.7. The second-order valence-electron chi connectivity index (χ2n) is 7.56. The molecule has 1 aliphatic heterocycles. The molecule has 6 heteroatoms. The summed E-state index contributed by atoms with van der Waals surface area (Å²) in [6, 6.07) is 12.0. The second-order valence-corrected chi connectivity index (χ2v) is 7.56. The van der Waals surface area contributed by atoms with Crippen molar-refractivity contribution < 1.29 is 4.79 Å². The van der Waals surface area contributed by atoms with Crippen molar-refractivity contribution in [2.75, 3.05) is 13.1 Å². The lowest BCUT2D eigenvalue weighted by molar-refractivity contribution is 0.0795. The fraction of sp³-hybridized carbons (Fsp3) is 0.261. The van der Waals surface area contributed by atoms with Gasteiger partial charge in [0.05, 0.1) is 23.3 Å². The van der Waals surface area contributed by atoms with E-state index in [1.807, 2.05) is 54.5 Å². The third-order valence-electron chi connectivity index (χ3n) is 5.61. The molecule has 0 saturated carbocycles. The van der Waals surface area contributed by atoms with Crippen LogP contribution in [0, 0.1) is 6.92 Å². The van der Waals surface area contributed by atoms with Crippen molar-refractivity contribution in [3.8, 4) is 11.4 Å². The van der Waals surface area contributed by atoms with E-state index >= 15 is 0 Å². The lowest BCUT2D eigenvalue weighted by atomic mass is 10.2. The van der Waals surface area contributed by atoms with Gasteiger partial charge in [0, 0.05) is 37.9 Å². The van der Waals surface area contributed by atoms with Crippen LogP contribution in [-0.4, -0.2) is 42.8 Å². The number of imidazole rings is 1. The molecule has 146 valence electrons. The fourth-order valence-electron chi connectivity index (χ4n) is 4.09. The average molecular weight is 385 g/mol. The summed E-state index contributed by atoms with van der Waals surface area (Å²) in [6.45, 7) is 4.41. The molecule has 5 rings (SSSR count). The van der Waals surface area contributed by atoms with Gasteiger partial charge in [0.25, 0.3) is 5.91 Å². The topological polar surface area (TPSA) is 55.4 Å². The first-order valence-corrected chi connectivity index (χ1v) is 10.0. The molecule has 4 aromatic heterocycles. The van der Waals surface area contributed by atoms with Crippen LogP contribution in [0.25, 0.3) is 16.9 Å². The van der Waals surface area contributed by atoms with Crippen molar-refractivity contribution >= 4 is 11.4 Å². The normalized spacial score (nSPS) is 14.0. The molecule has 1 saturated heterocycles. The van der Waals surface area contributed by atoms with Gasteiger partial charge in [-0.05, 0) is 49.6 Å². The maximum Gasteiger partial charge on any atom is 0.256 e. The van der Waals surface area contributed by atoms with Crippen LogP contribution in [0.5, 0.6) is 0 Å². The summed E-state index contributed by atoms with van der Waals surface area (Å²) in [5.41, 5.74) is 4.62. The van der Waals surface area contributed by atoms with E-state index in [-0.39, 0.29) is 5.91 Å². The number of carbonyl (C=O) groups excluding carboxylic acids is 1. The summed E-state index contributed by atoms with van der Waals surface area (Å²) in [6.07, 6.45) is 9.88. The van der Waals surface area contributed by atoms with Crippen molar-refractivity contribution in [2.45, 2.75) is 26.3 Å². The Morgan fingerprint density at radius 1 is 1.14 bits per heavy atom. The average Bonchev–Trinajstić information content (AvgIpc) is 3.48. The standard InChI is InChI=1S/C23H23N5O/c1-17-25-20(16-27(17)15-18-7-6-9-24-14-18)22-13-19(21-8-2-3-12-28(21)22)23(29)26-10-4-5-11-26/h2-3,6-9,12-14,16H,4-5,10-11,15H2,1H3. The van der Waals surface area contributed by atoms with Gasteiger partial charge in [-0.25, -0.2) is 4.98 Å². The van der Waals surface area contributed by atoms with Gasteiger partial charge >= 0.3 is 0 Å². The Kier molecular flexibility index (Phi) is 4.39. The van der Waals surface area contributed by atoms with E-state index in [9.17, 15) is 4.79 Å². The van der Waals surface area contributed by atoms with E-state index in [1.54, 1.807) is 6.20 Å². The number of likely N-dealkylation sites (tertiary alicyclic amines) is 1. The van der Waals surface area contributed by atoms with Gasteiger partial charge < -0.3 is 13.9 Å². The number of rotatable bonds is 4. The summed E-state index contributed by atoms with van der Waals surface area (Å²) < 4.78 is 4.19. The number of pyridine rings is 2. The maximum atomic E-state index is 13.1. The minimum Gasteiger partial charge on any atom is -0.339 e. The van der Waals surface area contributed by atoms with Gasteiger partial charge in [-0.1, -0.05) is 12.1 Å². The largest absolute Gasteiger partial charge is 0.339 e. The lowest BCUT2D eigenvalue weighted by Crippen LogP contribution is -2.27. The van der Waals surface area contributed by atoms with Crippen LogP contribution in [0.2, 0.25) is 0 Å². The van der Waals surface area contributed by atoms with Crippen molar-refractivity contribution in [3.63, 3.8) is 0 Å². The van der Waals surface area contributed by atoms with Crippen LogP contribution < -0.4 is 0 Å². The molecule has 0 aromatic carbocycles. The number of hydrogen-bond acceptors (Lipinski definition) is 3. The number of amides is 1. The molecule has 0 spiro atoms. The highest BCUT2D eigenvalue weighted by Crippen LogP contribution is 2.28. The minimum atomic E-state index is 0.115. The highest BCUT2D eigenvalue weighted by Gasteiger charge is 2.24. The first-order chi connectivity index (χ1) is 14.2.